The Morgan fingerprint density at radius 3 is 2.43 bits per heavy atom. The summed E-state index contributed by atoms with van der Waals surface area (Å²) in [6, 6.07) is 17.8. The van der Waals surface area contributed by atoms with Gasteiger partial charge in [-0.05, 0) is 42.5 Å². The monoisotopic (exact) mass is 420 g/mol. The number of rotatable bonds is 4. The molecule has 1 unspecified atom stereocenters. The summed E-state index contributed by atoms with van der Waals surface area (Å²) in [6.07, 6.45) is 1.57. The minimum Gasteiger partial charge on any atom is -0.507 e. The van der Waals surface area contributed by atoms with Crippen molar-refractivity contribution in [2.75, 3.05) is 12.0 Å². The molecule has 2 heterocycles. The zero-order valence-corrected chi connectivity index (χ0v) is 16.7. The van der Waals surface area contributed by atoms with Gasteiger partial charge in [-0.1, -0.05) is 35.9 Å². The Labute approximate surface area is 178 Å². The van der Waals surface area contributed by atoms with Crippen molar-refractivity contribution in [1.82, 2.24) is 4.98 Å². The van der Waals surface area contributed by atoms with Crippen LogP contribution < -0.4 is 9.64 Å². The fourth-order valence-corrected chi connectivity index (χ4v) is 3.73. The van der Waals surface area contributed by atoms with Crippen LogP contribution in [0.1, 0.15) is 17.3 Å². The number of benzene rings is 2. The molecule has 3 aromatic rings. The number of aromatic nitrogens is 1. The van der Waals surface area contributed by atoms with Crippen LogP contribution in [-0.4, -0.2) is 28.9 Å². The summed E-state index contributed by atoms with van der Waals surface area (Å²) in [4.78, 5) is 31.6. The largest absolute Gasteiger partial charge is 0.507 e. The number of aliphatic hydroxyl groups excluding tert-OH is 1. The molecule has 0 bridgehead atoms. The number of para-hydroxylation sites is 1. The molecule has 0 spiro atoms. The molecule has 1 aromatic heterocycles. The molecule has 30 heavy (non-hydrogen) atoms. The summed E-state index contributed by atoms with van der Waals surface area (Å²) < 4.78 is 5.14. The summed E-state index contributed by atoms with van der Waals surface area (Å²) in [5.74, 6) is -1.43. The van der Waals surface area contributed by atoms with Crippen molar-refractivity contribution in [1.29, 1.82) is 0 Å². The third-order valence-electron chi connectivity index (χ3n) is 4.87. The van der Waals surface area contributed by atoms with Gasteiger partial charge in [0.15, 0.2) is 0 Å². The highest BCUT2D eigenvalue weighted by Crippen LogP contribution is 2.41. The SMILES string of the molecule is COc1ccc(/C(O)=C2/C(=O)C(=O)N(c3ccccc3)C2c2ccccn2)cc1Cl. The number of carbonyl (C=O) groups excluding carboxylic acids is 2. The zero-order valence-electron chi connectivity index (χ0n) is 15.9. The second-order valence-corrected chi connectivity index (χ2v) is 7.02. The minimum atomic E-state index is -0.880. The Bertz CT molecular complexity index is 1150. The van der Waals surface area contributed by atoms with E-state index in [-0.39, 0.29) is 16.4 Å². The Morgan fingerprint density at radius 1 is 1.07 bits per heavy atom. The quantitative estimate of drug-likeness (QED) is 0.385. The van der Waals surface area contributed by atoms with E-state index >= 15 is 0 Å². The van der Waals surface area contributed by atoms with Gasteiger partial charge in [-0.3, -0.25) is 19.5 Å². The van der Waals surface area contributed by atoms with Crippen molar-refractivity contribution in [3.63, 3.8) is 0 Å². The van der Waals surface area contributed by atoms with Gasteiger partial charge in [0, 0.05) is 17.4 Å². The van der Waals surface area contributed by atoms with Crippen molar-refractivity contribution in [2.45, 2.75) is 6.04 Å². The third-order valence-corrected chi connectivity index (χ3v) is 5.17. The molecular weight excluding hydrogens is 404 g/mol. The predicted octanol–water partition coefficient (Wildman–Crippen LogP) is 4.37. The number of halogens is 1. The van der Waals surface area contributed by atoms with Gasteiger partial charge < -0.3 is 9.84 Å². The van der Waals surface area contributed by atoms with Gasteiger partial charge in [-0.25, -0.2) is 0 Å². The van der Waals surface area contributed by atoms with Gasteiger partial charge in [0.2, 0.25) is 0 Å². The number of amides is 1. The first-order valence-corrected chi connectivity index (χ1v) is 9.51. The Morgan fingerprint density at radius 2 is 1.80 bits per heavy atom. The number of pyridine rings is 1. The molecule has 4 rings (SSSR count). The summed E-state index contributed by atoms with van der Waals surface area (Å²) in [6.45, 7) is 0. The molecule has 1 amide bonds. The maximum atomic E-state index is 13.0. The van der Waals surface area contributed by atoms with Gasteiger partial charge in [-0.15, -0.1) is 0 Å². The van der Waals surface area contributed by atoms with Crippen LogP contribution in [0.5, 0.6) is 5.75 Å². The molecule has 2 aromatic carbocycles. The molecule has 0 radical (unpaired) electrons. The summed E-state index contributed by atoms with van der Waals surface area (Å²) in [5, 5.41) is 11.3. The molecule has 1 aliphatic rings. The van der Waals surface area contributed by atoms with E-state index in [1.807, 2.05) is 6.07 Å². The number of aliphatic hydroxyl groups is 1. The maximum Gasteiger partial charge on any atom is 0.300 e. The summed E-state index contributed by atoms with van der Waals surface area (Å²) in [7, 11) is 1.48. The van der Waals surface area contributed by atoms with Crippen molar-refractivity contribution in [2.24, 2.45) is 0 Å². The Hall–Kier alpha value is -3.64. The van der Waals surface area contributed by atoms with Crippen LogP contribution in [-0.2, 0) is 9.59 Å². The van der Waals surface area contributed by atoms with E-state index < -0.39 is 17.7 Å². The molecule has 1 fully saturated rings. The van der Waals surface area contributed by atoms with E-state index in [1.54, 1.807) is 60.8 Å². The fourth-order valence-electron chi connectivity index (χ4n) is 3.47. The first-order chi connectivity index (χ1) is 14.5. The van der Waals surface area contributed by atoms with E-state index in [9.17, 15) is 14.7 Å². The van der Waals surface area contributed by atoms with Gasteiger partial charge in [0.1, 0.15) is 17.6 Å². The topological polar surface area (TPSA) is 79.7 Å². The van der Waals surface area contributed by atoms with Crippen LogP contribution in [0.15, 0.2) is 78.5 Å². The lowest BCUT2D eigenvalue weighted by Gasteiger charge is -2.24. The van der Waals surface area contributed by atoms with Crippen LogP contribution in [0.4, 0.5) is 5.69 Å². The van der Waals surface area contributed by atoms with E-state index in [2.05, 4.69) is 4.98 Å². The summed E-state index contributed by atoms with van der Waals surface area (Å²) in [5.41, 5.74) is 1.24. The lowest BCUT2D eigenvalue weighted by Crippen LogP contribution is -2.29. The second-order valence-electron chi connectivity index (χ2n) is 6.61. The maximum absolute atomic E-state index is 13.0. The molecule has 7 heteroatoms. The third kappa shape index (κ3) is 3.31. The number of methoxy groups -OCH3 is 1. The molecule has 0 aliphatic carbocycles. The van der Waals surface area contributed by atoms with E-state index in [0.29, 0.717) is 22.7 Å². The first kappa shape index (κ1) is 19.7. The highest BCUT2D eigenvalue weighted by molar-refractivity contribution is 6.51. The van der Waals surface area contributed by atoms with Gasteiger partial charge in [-0.2, -0.15) is 0 Å². The highest BCUT2D eigenvalue weighted by atomic mass is 35.5. The van der Waals surface area contributed by atoms with Crippen molar-refractivity contribution in [3.8, 4) is 5.75 Å². The molecule has 150 valence electrons. The van der Waals surface area contributed by atoms with Crippen LogP contribution in [0.2, 0.25) is 5.02 Å². The average molecular weight is 421 g/mol. The molecule has 1 saturated heterocycles. The number of Topliss-reactive ketones (excluding diaryl/α,β-unsaturated/α-hetero) is 1. The zero-order chi connectivity index (χ0) is 21.3. The fraction of sp³-hybridized carbons (Fsp3) is 0.0870. The lowest BCUT2D eigenvalue weighted by molar-refractivity contribution is -0.132. The molecular formula is C23H17ClN2O4. The van der Waals surface area contributed by atoms with Crippen LogP contribution in [0.25, 0.3) is 5.76 Å². The number of hydrogen-bond acceptors (Lipinski definition) is 5. The highest BCUT2D eigenvalue weighted by Gasteiger charge is 2.47. The molecule has 6 nitrogen and oxygen atoms in total. The number of nitrogens with zero attached hydrogens (tertiary/aromatic N) is 2. The van der Waals surface area contributed by atoms with E-state index in [4.69, 9.17) is 16.3 Å². The van der Waals surface area contributed by atoms with Crippen molar-refractivity contribution in [3.05, 3.63) is 94.8 Å². The average Bonchev–Trinajstić information content (AvgIpc) is 3.05. The van der Waals surface area contributed by atoms with Crippen LogP contribution in [0, 0.1) is 0 Å². The number of anilines is 1. The second kappa shape index (κ2) is 8.00. The normalized spacial score (nSPS) is 17.9. The van der Waals surface area contributed by atoms with Gasteiger partial charge >= 0.3 is 0 Å². The Balaban J connectivity index is 1.93. The predicted molar refractivity (Wildman–Crippen MR) is 113 cm³/mol. The molecule has 0 saturated carbocycles. The standard InChI is InChI=1S/C23H17ClN2O4/c1-30-18-11-10-14(13-16(18)24)21(27)19-20(17-9-5-6-12-25-17)26(23(29)22(19)28)15-7-3-2-4-8-15/h2-13,20,27H,1H3/b21-19-. The van der Waals surface area contributed by atoms with Crippen molar-refractivity contribution < 1.29 is 19.4 Å². The Kier molecular flexibility index (Phi) is 5.25. The van der Waals surface area contributed by atoms with E-state index in [0.717, 1.165) is 0 Å². The van der Waals surface area contributed by atoms with Crippen molar-refractivity contribution >= 4 is 34.7 Å². The molecule has 1 aliphatic heterocycles. The summed E-state index contributed by atoms with van der Waals surface area (Å²) >= 11 is 6.19. The van der Waals surface area contributed by atoms with Crippen LogP contribution in [0.3, 0.4) is 0 Å². The first-order valence-electron chi connectivity index (χ1n) is 9.14. The number of ketones is 1. The number of carbonyl (C=O) groups is 2. The smallest absolute Gasteiger partial charge is 0.300 e. The number of ether oxygens (including phenoxy) is 1. The minimum absolute atomic E-state index is 0.0520. The molecule has 1 N–H and O–H groups in total. The van der Waals surface area contributed by atoms with E-state index in [1.165, 1.54) is 18.1 Å². The number of hydrogen-bond donors (Lipinski definition) is 1. The lowest BCUT2D eigenvalue weighted by atomic mass is 9.98. The molecule has 1 atom stereocenters. The van der Waals surface area contributed by atoms with Gasteiger partial charge in [0.05, 0.1) is 23.4 Å². The van der Waals surface area contributed by atoms with Gasteiger partial charge in [0.25, 0.3) is 11.7 Å². The van der Waals surface area contributed by atoms with Crippen LogP contribution >= 0.6 is 11.6 Å².